The summed E-state index contributed by atoms with van der Waals surface area (Å²) in [6, 6.07) is 5.33. The lowest BCUT2D eigenvalue weighted by Gasteiger charge is -2.10. The number of rotatable bonds is 5. The van der Waals surface area contributed by atoms with Gasteiger partial charge in [0.05, 0.1) is 0 Å². The number of nitrogens with two attached hydrogens (primary N) is 1. The molecule has 0 saturated carbocycles. The smallest absolute Gasteiger partial charge is 0.213 e. The summed E-state index contributed by atoms with van der Waals surface area (Å²) in [6.07, 6.45) is 1.94. The second kappa shape index (κ2) is 5.79. The number of hydrogen-bond acceptors (Lipinski definition) is 5. The van der Waals surface area contributed by atoms with Gasteiger partial charge in [0.25, 0.3) is 0 Å². The van der Waals surface area contributed by atoms with Crippen LogP contribution in [-0.2, 0) is 6.42 Å². The normalized spacial score (nSPS) is 10.3. The van der Waals surface area contributed by atoms with Crippen LogP contribution >= 0.6 is 23.8 Å². The molecule has 0 spiro atoms. The maximum atomic E-state index is 5.94. The van der Waals surface area contributed by atoms with E-state index in [-0.39, 0.29) is 0 Å². The molecule has 7 heteroatoms. The minimum absolute atomic E-state index is 0.328. The number of nitrogens with zero attached hydrogens (tertiary/aromatic N) is 2. The summed E-state index contributed by atoms with van der Waals surface area (Å²) in [4.78, 5) is 4.26. The first kappa shape index (κ1) is 12.8. The van der Waals surface area contributed by atoms with Crippen molar-refractivity contribution < 1.29 is 4.52 Å². The van der Waals surface area contributed by atoms with Gasteiger partial charge in [0, 0.05) is 29.2 Å². The number of halogens is 1. The van der Waals surface area contributed by atoms with E-state index in [1.165, 1.54) is 6.39 Å². The molecule has 0 amide bonds. The van der Waals surface area contributed by atoms with Gasteiger partial charge < -0.3 is 15.6 Å². The standard InChI is InChI=1S/C11H11ClN4OS/c12-7-1-2-8(11(13)18)9(5-7)14-4-3-10-15-6-17-16-10/h1-2,5-6,14H,3-4H2,(H2,13,18). The van der Waals surface area contributed by atoms with E-state index < -0.39 is 0 Å². The Hall–Kier alpha value is -1.66. The fourth-order valence-corrected chi connectivity index (χ4v) is 1.84. The molecule has 0 aliphatic carbocycles. The van der Waals surface area contributed by atoms with Crippen molar-refractivity contribution in [3.8, 4) is 0 Å². The van der Waals surface area contributed by atoms with Gasteiger partial charge in [-0.2, -0.15) is 4.98 Å². The molecule has 0 saturated heterocycles. The van der Waals surface area contributed by atoms with Crippen molar-refractivity contribution in [2.24, 2.45) is 5.73 Å². The first-order chi connectivity index (χ1) is 8.66. The second-order valence-corrected chi connectivity index (χ2v) is 4.45. The minimum Gasteiger partial charge on any atom is -0.389 e. The lowest BCUT2D eigenvalue weighted by molar-refractivity contribution is 0.410. The number of benzene rings is 1. The van der Waals surface area contributed by atoms with Gasteiger partial charge in [-0.15, -0.1) is 0 Å². The summed E-state index contributed by atoms with van der Waals surface area (Å²) in [5.41, 5.74) is 7.21. The van der Waals surface area contributed by atoms with Gasteiger partial charge in [-0.05, 0) is 18.2 Å². The average Bonchev–Trinajstić information content (AvgIpc) is 2.82. The number of anilines is 1. The van der Waals surface area contributed by atoms with Crippen LogP contribution in [0.4, 0.5) is 5.69 Å². The van der Waals surface area contributed by atoms with E-state index in [1.54, 1.807) is 18.2 Å². The first-order valence-corrected chi connectivity index (χ1v) is 6.04. The number of thiocarbonyl (C=S) groups is 1. The van der Waals surface area contributed by atoms with Crippen LogP contribution in [0.15, 0.2) is 29.1 Å². The highest BCUT2D eigenvalue weighted by Gasteiger charge is 2.06. The molecule has 1 aromatic heterocycles. The van der Waals surface area contributed by atoms with Crippen molar-refractivity contribution in [2.45, 2.75) is 6.42 Å². The van der Waals surface area contributed by atoms with E-state index in [4.69, 9.17) is 29.6 Å². The Morgan fingerprint density at radius 2 is 2.33 bits per heavy atom. The van der Waals surface area contributed by atoms with Crippen LogP contribution in [0.5, 0.6) is 0 Å². The summed E-state index contributed by atoms with van der Waals surface area (Å²) in [7, 11) is 0. The van der Waals surface area contributed by atoms with Crippen LogP contribution in [0.1, 0.15) is 11.4 Å². The molecule has 0 unspecified atom stereocenters. The Kier molecular flexibility index (Phi) is 4.11. The lowest BCUT2D eigenvalue weighted by atomic mass is 10.1. The molecule has 1 aromatic carbocycles. The maximum absolute atomic E-state index is 5.94. The highest BCUT2D eigenvalue weighted by atomic mass is 35.5. The van der Waals surface area contributed by atoms with E-state index in [0.717, 1.165) is 11.3 Å². The summed E-state index contributed by atoms with van der Waals surface area (Å²) in [5.74, 6) is 0.640. The van der Waals surface area contributed by atoms with E-state index in [9.17, 15) is 0 Å². The highest BCUT2D eigenvalue weighted by Crippen LogP contribution is 2.21. The molecule has 0 bridgehead atoms. The molecule has 0 atom stereocenters. The van der Waals surface area contributed by atoms with E-state index >= 15 is 0 Å². The molecular formula is C11H11ClN4OS. The van der Waals surface area contributed by atoms with Gasteiger partial charge in [0.15, 0.2) is 5.82 Å². The lowest BCUT2D eigenvalue weighted by Crippen LogP contribution is -2.14. The zero-order chi connectivity index (χ0) is 13.0. The quantitative estimate of drug-likeness (QED) is 0.817. The highest BCUT2D eigenvalue weighted by molar-refractivity contribution is 7.80. The van der Waals surface area contributed by atoms with E-state index in [2.05, 4.69) is 20.0 Å². The maximum Gasteiger partial charge on any atom is 0.213 e. The summed E-state index contributed by atoms with van der Waals surface area (Å²) >= 11 is 10.9. The summed E-state index contributed by atoms with van der Waals surface area (Å²) in [5, 5.41) is 7.54. The van der Waals surface area contributed by atoms with Gasteiger partial charge in [0.2, 0.25) is 6.39 Å². The molecule has 5 nitrogen and oxygen atoms in total. The van der Waals surface area contributed by atoms with Gasteiger partial charge in [0.1, 0.15) is 4.99 Å². The van der Waals surface area contributed by atoms with Crippen LogP contribution in [0, 0.1) is 0 Å². The van der Waals surface area contributed by atoms with Crippen molar-refractivity contribution in [2.75, 3.05) is 11.9 Å². The monoisotopic (exact) mass is 282 g/mol. The van der Waals surface area contributed by atoms with Crippen LogP contribution < -0.4 is 11.1 Å². The van der Waals surface area contributed by atoms with Gasteiger partial charge in [-0.25, -0.2) is 0 Å². The second-order valence-electron chi connectivity index (χ2n) is 3.58. The predicted molar refractivity (Wildman–Crippen MR) is 73.8 cm³/mol. The van der Waals surface area contributed by atoms with Gasteiger partial charge in [-0.1, -0.05) is 29.0 Å². The van der Waals surface area contributed by atoms with E-state index in [1.807, 2.05) is 0 Å². The van der Waals surface area contributed by atoms with Crippen molar-refractivity contribution in [1.82, 2.24) is 10.1 Å². The molecule has 0 aliphatic heterocycles. The zero-order valence-corrected chi connectivity index (χ0v) is 11.0. The molecule has 0 aliphatic rings. The van der Waals surface area contributed by atoms with Crippen molar-refractivity contribution in [3.63, 3.8) is 0 Å². The fraction of sp³-hybridized carbons (Fsp3) is 0.182. The molecule has 1 heterocycles. The van der Waals surface area contributed by atoms with Crippen molar-refractivity contribution in [1.29, 1.82) is 0 Å². The largest absolute Gasteiger partial charge is 0.389 e. The fourth-order valence-electron chi connectivity index (χ4n) is 1.49. The first-order valence-electron chi connectivity index (χ1n) is 5.25. The van der Waals surface area contributed by atoms with Crippen LogP contribution in [-0.4, -0.2) is 21.7 Å². The average molecular weight is 283 g/mol. The molecule has 0 radical (unpaired) electrons. The number of aromatic nitrogens is 2. The molecule has 2 aromatic rings. The van der Waals surface area contributed by atoms with Gasteiger partial charge in [-0.3, -0.25) is 0 Å². The predicted octanol–water partition coefficient (Wildman–Crippen LogP) is 2.01. The topological polar surface area (TPSA) is 77.0 Å². The van der Waals surface area contributed by atoms with Gasteiger partial charge >= 0.3 is 0 Å². The van der Waals surface area contributed by atoms with Crippen LogP contribution in [0.2, 0.25) is 5.02 Å². The number of hydrogen-bond donors (Lipinski definition) is 2. The Morgan fingerprint density at radius 3 is 3.00 bits per heavy atom. The third-order valence-corrected chi connectivity index (χ3v) is 2.77. The van der Waals surface area contributed by atoms with E-state index in [0.29, 0.717) is 28.8 Å². The molecule has 3 N–H and O–H groups in total. The Morgan fingerprint density at radius 1 is 1.50 bits per heavy atom. The molecule has 0 fully saturated rings. The zero-order valence-electron chi connectivity index (χ0n) is 9.39. The molecule has 18 heavy (non-hydrogen) atoms. The third kappa shape index (κ3) is 3.18. The molecule has 2 rings (SSSR count). The molecular weight excluding hydrogens is 272 g/mol. The van der Waals surface area contributed by atoms with Crippen LogP contribution in [0.3, 0.4) is 0 Å². The van der Waals surface area contributed by atoms with Crippen molar-refractivity contribution >= 4 is 34.5 Å². The third-order valence-electron chi connectivity index (χ3n) is 2.32. The van der Waals surface area contributed by atoms with Crippen LogP contribution in [0.25, 0.3) is 0 Å². The Balaban J connectivity index is 2.03. The SMILES string of the molecule is NC(=S)c1ccc(Cl)cc1NCCc1ncon1. The Labute approximate surface area is 114 Å². The summed E-state index contributed by atoms with van der Waals surface area (Å²) in [6.45, 7) is 0.634. The summed E-state index contributed by atoms with van der Waals surface area (Å²) < 4.78 is 4.65. The number of nitrogens with one attached hydrogen (secondary N) is 1. The van der Waals surface area contributed by atoms with Crippen molar-refractivity contribution in [3.05, 3.63) is 41.0 Å². The minimum atomic E-state index is 0.328. The molecule has 94 valence electrons. The Bertz CT molecular complexity index is 544.